The van der Waals surface area contributed by atoms with Crippen LogP contribution < -0.4 is 15.3 Å². The number of methoxy groups -OCH3 is 1. The van der Waals surface area contributed by atoms with Crippen LogP contribution in [-0.2, 0) is 6.42 Å². The van der Waals surface area contributed by atoms with Gasteiger partial charge < -0.3 is 14.6 Å². The van der Waals surface area contributed by atoms with Crippen LogP contribution in [0.1, 0.15) is 16.8 Å². The second-order valence-corrected chi connectivity index (χ2v) is 7.39. The highest BCUT2D eigenvalue weighted by Gasteiger charge is 2.27. The molecule has 30 heavy (non-hydrogen) atoms. The van der Waals surface area contributed by atoms with Gasteiger partial charge in [0.05, 0.1) is 12.8 Å². The average molecular weight is 402 g/mol. The fourth-order valence-electron chi connectivity index (χ4n) is 4.03. The molecule has 0 radical (unpaired) electrons. The van der Waals surface area contributed by atoms with E-state index in [0.29, 0.717) is 5.82 Å². The van der Waals surface area contributed by atoms with Crippen LogP contribution in [0.5, 0.6) is 5.75 Å². The Morgan fingerprint density at radius 2 is 1.97 bits per heavy atom. The van der Waals surface area contributed by atoms with Gasteiger partial charge in [0.2, 0.25) is 0 Å². The lowest BCUT2D eigenvalue weighted by Crippen LogP contribution is -2.16. The molecule has 0 atom stereocenters. The summed E-state index contributed by atoms with van der Waals surface area (Å²) in [5.41, 5.74) is 5.10. The van der Waals surface area contributed by atoms with Crippen molar-refractivity contribution in [1.82, 2.24) is 24.3 Å². The van der Waals surface area contributed by atoms with E-state index in [-0.39, 0.29) is 5.69 Å². The zero-order valence-corrected chi connectivity index (χ0v) is 17.1. The maximum absolute atomic E-state index is 11.9. The number of benzene rings is 1. The number of H-pyrrole nitrogens is 1. The molecule has 4 aromatic rings. The number of rotatable bonds is 4. The summed E-state index contributed by atoms with van der Waals surface area (Å²) in [6, 6.07) is 9.97. The Morgan fingerprint density at radius 1 is 1.10 bits per heavy atom. The topological polar surface area (TPSA) is 81.0 Å². The third kappa shape index (κ3) is 2.88. The number of hydrogen-bond donors (Lipinski definition) is 1. The number of ether oxygens (including phenoxy) is 1. The van der Waals surface area contributed by atoms with E-state index in [0.717, 1.165) is 52.7 Å². The molecule has 0 saturated carbocycles. The maximum Gasteiger partial charge on any atom is 0.331 e. The molecule has 1 aliphatic rings. The van der Waals surface area contributed by atoms with Crippen molar-refractivity contribution in [3.63, 3.8) is 0 Å². The first kappa shape index (κ1) is 18.2. The number of aryl methyl sites for hydroxylation is 2. The molecule has 3 aromatic heterocycles. The van der Waals surface area contributed by atoms with Crippen molar-refractivity contribution in [3.05, 3.63) is 76.2 Å². The van der Waals surface area contributed by atoms with Gasteiger partial charge in [-0.1, -0.05) is 0 Å². The number of anilines is 2. The quantitative estimate of drug-likeness (QED) is 0.567. The molecule has 0 aliphatic carbocycles. The van der Waals surface area contributed by atoms with Crippen LogP contribution in [0.25, 0.3) is 11.5 Å². The van der Waals surface area contributed by atoms with E-state index in [2.05, 4.69) is 28.0 Å². The smallest absolute Gasteiger partial charge is 0.331 e. The molecule has 0 fully saturated rings. The standard InChI is InChI=1S/C22H22N6O2/c1-14-12-16(30-3)4-5-18(14)26-9-6-17-19(13-15(2)24-21(17)26)28-10-7-20(25-28)27-11-8-23-22(27)29/h4-5,7-8,10-13H,6,9H2,1-3H3,(H,23,29). The van der Waals surface area contributed by atoms with Gasteiger partial charge in [-0.3, -0.25) is 4.57 Å². The predicted molar refractivity (Wildman–Crippen MR) is 114 cm³/mol. The Morgan fingerprint density at radius 3 is 2.70 bits per heavy atom. The minimum atomic E-state index is -0.211. The largest absolute Gasteiger partial charge is 0.497 e. The van der Waals surface area contributed by atoms with E-state index in [1.165, 1.54) is 4.57 Å². The fraction of sp³-hybridized carbons (Fsp3) is 0.227. The van der Waals surface area contributed by atoms with Crippen molar-refractivity contribution in [2.24, 2.45) is 0 Å². The van der Waals surface area contributed by atoms with E-state index in [9.17, 15) is 4.79 Å². The van der Waals surface area contributed by atoms with Crippen molar-refractivity contribution in [2.75, 3.05) is 18.6 Å². The van der Waals surface area contributed by atoms with Gasteiger partial charge in [-0.05, 0) is 50.1 Å². The highest BCUT2D eigenvalue weighted by atomic mass is 16.5. The number of aromatic nitrogens is 5. The Bertz CT molecular complexity index is 1300. The molecule has 0 amide bonds. The molecule has 152 valence electrons. The van der Waals surface area contributed by atoms with Crippen molar-refractivity contribution in [1.29, 1.82) is 0 Å². The van der Waals surface area contributed by atoms with Crippen LogP contribution in [0.3, 0.4) is 0 Å². The first-order chi connectivity index (χ1) is 14.5. The molecule has 8 heteroatoms. The zero-order chi connectivity index (χ0) is 20.8. The van der Waals surface area contributed by atoms with Gasteiger partial charge in [-0.15, -0.1) is 5.10 Å². The number of nitrogens with zero attached hydrogens (tertiary/aromatic N) is 5. The SMILES string of the molecule is COc1ccc(N2CCc3c(-n4ccc(-n5cc[nH]c5=O)n4)cc(C)nc32)c(C)c1. The molecule has 5 rings (SSSR count). The van der Waals surface area contributed by atoms with E-state index in [4.69, 9.17) is 9.72 Å². The summed E-state index contributed by atoms with van der Waals surface area (Å²) < 4.78 is 8.66. The molecule has 1 aromatic carbocycles. The third-order valence-corrected chi connectivity index (χ3v) is 5.46. The van der Waals surface area contributed by atoms with E-state index < -0.39 is 0 Å². The number of nitrogens with one attached hydrogen (secondary N) is 1. The van der Waals surface area contributed by atoms with Gasteiger partial charge in [-0.25, -0.2) is 14.5 Å². The molecular formula is C22H22N6O2. The highest BCUT2D eigenvalue weighted by Crippen LogP contribution is 2.38. The number of aromatic amines is 1. The maximum atomic E-state index is 11.9. The molecule has 0 unspecified atom stereocenters. The minimum Gasteiger partial charge on any atom is -0.497 e. The van der Waals surface area contributed by atoms with Crippen LogP contribution in [0, 0.1) is 13.8 Å². The Hall–Kier alpha value is -3.81. The summed E-state index contributed by atoms with van der Waals surface area (Å²) in [6.07, 6.45) is 6.02. The predicted octanol–water partition coefficient (Wildman–Crippen LogP) is 3.07. The first-order valence-electron chi connectivity index (χ1n) is 9.80. The Balaban J connectivity index is 1.58. The van der Waals surface area contributed by atoms with Gasteiger partial charge in [-0.2, -0.15) is 0 Å². The molecule has 0 bridgehead atoms. The van der Waals surface area contributed by atoms with Gasteiger partial charge in [0.25, 0.3) is 0 Å². The van der Waals surface area contributed by atoms with Gasteiger partial charge in [0.1, 0.15) is 11.6 Å². The summed E-state index contributed by atoms with van der Waals surface area (Å²) in [6.45, 7) is 4.92. The lowest BCUT2D eigenvalue weighted by molar-refractivity contribution is 0.414. The number of imidazole rings is 1. The molecular weight excluding hydrogens is 380 g/mol. The molecule has 0 saturated heterocycles. The molecule has 8 nitrogen and oxygen atoms in total. The van der Waals surface area contributed by atoms with Crippen LogP contribution in [0.15, 0.2) is 53.7 Å². The number of pyridine rings is 1. The van der Waals surface area contributed by atoms with Crippen LogP contribution in [0.4, 0.5) is 11.5 Å². The lowest BCUT2D eigenvalue weighted by atomic mass is 10.1. The number of fused-ring (bicyclic) bond motifs is 1. The minimum absolute atomic E-state index is 0.211. The van der Waals surface area contributed by atoms with Crippen molar-refractivity contribution in [2.45, 2.75) is 20.3 Å². The summed E-state index contributed by atoms with van der Waals surface area (Å²) in [7, 11) is 1.68. The first-order valence-corrected chi connectivity index (χ1v) is 9.80. The van der Waals surface area contributed by atoms with Gasteiger partial charge >= 0.3 is 5.69 Å². The van der Waals surface area contributed by atoms with Crippen LogP contribution >= 0.6 is 0 Å². The lowest BCUT2D eigenvalue weighted by Gasteiger charge is -2.22. The molecule has 0 spiro atoms. The third-order valence-electron chi connectivity index (χ3n) is 5.46. The molecule has 4 heterocycles. The van der Waals surface area contributed by atoms with Crippen molar-refractivity contribution < 1.29 is 4.74 Å². The second kappa shape index (κ2) is 6.91. The fourth-order valence-corrected chi connectivity index (χ4v) is 4.03. The molecule has 1 aliphatic heterocycles. The van der Waals surface area contributed by atoms with Gasteiger partial charge in [0.15, 0.2) is 5.82 Å². The zero-order valence-electron chi connectivity index (χ0n) is 17.1. The summed E-state index contributed by atoms with van der Waals surface area (Å²) in [5.74, 6) is 2.37. The second-order valence-electron chi connectivity index (χ2n) is 7.39. The van der Waals surface area contributed by atoms with Crippen molar-refractivity contribution in [3.8, 4) is 17.3 Å². The average Bonchev–Trinajstić information content (AvgIpc) is 3.46. The normalized spacial score (nSPS) is 13.0. The Kier molecular flexibility index (Phi) is 4.20. The van der Waals surface area contributed by atoms with Crippen molar-refractivity contribution >= 4 is 11.5 Å². The van der Waals surface area contributed by atoms with E-state index in [1.54, 1.807) is 19.5 Å². The van der Waals surface area contributed by atoms with Crippen LogP contribution in [0.2, 0.25) is 0 Å². The van der Waals surface area contributed by atoms with E-state index in [1.807, 2.05) is 42.1 Å². The van der Waals surface area contributed by atoms with Gasteiger partial charge in [0, 0.05) is 48.1 Å². The summed E-state index contributed by atoms with van der Waals surface area (Å²) in [5, 5.41) is 4.64. The summed E-state index contributed by atoms with van der Waals surface area (Å²) in [4.78, 5) is 21.7. The Labute approximate surface area is 173 Å². The number of hydrogen-bond acceptors (Lipinski definition) is 5. The monoisotopic (exact) mass is 402 g/mol. The van der Waals surface area contributed by atoms with E-state index >= 15 is 0 Å². The summed E-state index contributed by atoms with van der Waals surface area (Å²) >= 11 is 0. The highest BCUT2D eigenvalue weighted by molar-refractivity contribution is 5.73. The van der Waals surface area contributed by atoms with Crippen LogP contribution in [-0.4, -0.2) is 38.0 Å². The molecule has 1 N–H and O–H groups in total.